The highest BCUT2D eigenvalue weighted by Crippen LogP contribution is 2.13. The van der Waals surface area contributed by atoms with E-state index in [1.807, 2.05) is 11.8 Å². The van der Waals surface area contributed by atoms with Crippen molar-refractivity contribution in [3.63, 3.8) is 0 Å². The molecule has 0 saturated carbocycles. The molecule has 0 aromatic heterocycles. The first-order chi connectivity index (χ1) is 9.30. The van der Waals surface area contributed by atoms with Crippen LogP contribution in [0.4, 0.5) is 5.69 Å². The highest BCUT2D eigenvalue weighted by atomic mass is 16.5. The van der Waals surface area contributed by atoms with Gasteiger partial charge < -0.3 is 20.7 Å². The van der Waals surface area contributed by atoms with E-state index >= 15 is 0 Å². The SMILES string of the molecule is CCN(CC(O)COc1ccc(N)cc1)CC(C)(C)O. The molecular weight excluding hydrogens is 256 g/mol. The molecule has 0 aliphatic carbocycles. The summed E-state index contributed by atoms with van der Waals surface area (Å²) in [6.07, 6.45) is -0.602. The lowest BCUT2D eigenvalue weighted by molar-refractivity contribution is 0.0115. The lowest BCUT2D eigenvalue weighted by atomic mass is 10.1. The molecule has 0 fully saturated rings. The molecular formula is C15H26N2O3. The number of hydrogen-bond acceptors (Lipinski definition) is 5. The molecule has 20 heavy (non-hydrogen) atoms. The van der Waals surface area contributed by atoms with Crippen molar-refractivity contribution in [3.05, 3.63) is 24.3 Å². The fourth-order valence-electron chi connectivity index (χ4n) is 1.96. The van der Waals surface area contributed by atoms with Crippen LogP contribution in [0.1, 0.15) is 20.8 Å². The number of nitrogen functional groups attached to an aromatic ring is 1. The highest BCUT2D eigenvalue weighted by molar-refractivity contribution is 5.41. The molecule has 1 aromatic rings. The number of likely N-dealkylation sites (N-methyl/N-ethyl adjacent to an activating group) is 1. The highest BCUT2D eigenvalue weighted by Gasteiger charge is 2.19. The third-order valence-electron chi connectivity index (χ3n) is 2.85. The third kappa shape index (κ3) is 6.75. The van der Waals surface area contributed by atoms with E-state index in [1.54, 1.807) is 38.1 Å². The van der Waals surface area contributed by atoms with Gasteiger partial charge in [-0.3, -0.25) is 4.90 Å². The Morgan fingerprint density at radius 3 is 2.40 bits per heavy atom. The van der Waals surface area contributed by atoms with Crippen LogP contribution in [0.2, 0.25) is 0 Å². The first-order valence-electron chi connectivity index (χ1n) is 6.91. The quantitative estimate of drug-likeness (QED) is 0.622. The van der Waals surface area contributed by atoms with Crippen LogP contribution < -0.4 is 10.5 Å². The van der Waals surface area contributed by atoms with Crippen molar-refractivity contribution in [1.82, 2.24) is 4.90 Å². The van der Waals surface area contributed by atoms with Gasteiger partial charge in [0.25, 0.3) is 0 Å². The summed E-state index contributed by atoms with van der Waals surface area (Å²) in [6, 6.07) is 7.07. The molecule has 1 atom stereocenters. The van der Waals surface area contributed by atoms with Gasteiger partial charge in [-0.05, 0) is 44.7 Å². The summed E-state index contributed by atoms with van der Waals surface area (Å²) in [5.74, 6) is 0.684. The molecule has 4 N–H and O–H groups in total. The predicted molar refractivity (Wildman–Crippen MR) is 80.8 cm³/mol. The summed E-state index contributed by atoms with van der Waals surface area (Å²) in [4.78, 5) is 2.00. The van der Waals surface area contributed by atoms with Crippen LogP contribution in [0, 0.1) is 0 Å². The molecule has 5 nitrogen and oxygen atoms in total. The van der Waals surface area contributed by atoms with Gasteiger partial charge in [0.05, 0.1) is 5.60 Å². The van der Waals surface area contributed by atoms with Gasteiger partial charge in [0, 0.05) is 18.8 Å². The number of aliphatic hydroxyl groups excluding tert-OH is 1. The number of nitrogens with zero attached hydrogens (tertiary/aromatic N) is 1. The summed E-state index contributed by atoms with van der Waals surface area (Å²) >= 11 is 0. The average Bonchev–Trinajstić information content (AvgIpc) is 2.35. The zero-order valence-electron chi connectivity index (χ0n) is 12.5. The first kappa shape index (κ1) is 16.8. The Balaban J connectivity index is 2.38. The molecule has 114 valence electrons. The molecule has 0 bridgehead atoms. The summed E-state index contributed by atoms with van der Waals surface area (Å²) in [6.45, 7) is 7.48. The molecule has 0 heterocycles. The normalized spacial score (nSPS) is 13.5. The minimum atomic E-state index is -0.770. The van der Waals surface area contributed by atoms with E-state index < -0.39 is 11.7 Å². The van der Waals surface area contributed by atoms with Gasteiger partial charge >= 0.3 is 0 Å². The van der Waals surface area contributed by atoms with Crippen LogP contribution in [0.25, 0.3) is 0 Å². The van der Waals surface area contributed by atoms with Crippen LogP contribution in [0.5, 0.6) is 5.75 Å². The molecule has 0 aliphatic heterocycles. The molecule has 0 aliphatic rings. The van der Waals surface area contributed by atoms with E-state index in [9.17, 15) is 10.2 Å². The molecule has 1 aromatic carbocycles. The largest absolute Gasteiger partial charge is 0.491 e. The Labute approximate surface area is 121 Å². The van der Waals surface area contributed by atoms with Crippen molar-refractivity contribution in [2.45, 2.75) is 32.5 Å². The Kier molecular flexibility index (Phi) is 6.26. The van der Waals surface area contributed by atoms with E-state index in [0.29, 0.717) is 24.5 Å². The molecule has 0 amide bonds. The number of rotatable bonds is 8. The van der Waals surface area contributed by atoms with Crippen LogP contribution in [0.3, 0.4) is 0 Å². The predicted octanol–water partition coefficient (Wildman–Crippen LogP) is 1.10. The third-order valence-corrected chi connectivity index (χ3v) is 2.85. The Bertz CT molecular complexity index is 387. The van der Waals surface area contributed by atoms with E-state index in [-0.39, 0.29) is 6.61 Å². The van der Waals surface area contributed by atoms with Gasteiger partial charge in [-0.25, -0.2) is 0 Å². The second-order valence-corrected chi connectivity index (χ2v) is 5.67. The summed E-state index contributed by atoms with van der Waals surface area (Å²) < 4.78 is 5.50. The Hall–Kier alpha value is -1.30. The second kappa shape index (κ2) is 7.47. The van der Waals surface area contributed by atoms with Crippen LogP contribution in [-0.4, -0.2) is 53.1 Å². The van der Waals surface area contributed by atoms with Crippen molar-refractivity contribution in [2.75, 3.05) is 32.0 Å². The molecule has 0 saturated heterocycles. The number of aliphatic hydroxyl groups is 2. The van der Waals surface area contributed by atoms with Crippen molar-refractivity contribution in [2.24, 2.45) is 0 Å². The maximum Gasteiger partial charge on any atom is 0.119 e. The van der Waals surface area contributed by atoms with Crippen molar-refractivity contribution in [3.8, 4) is 5.75 Å². The average molecular weight is 282 g/mol. The number of nitrogens with two attached hydrogens (primary N) is 1. The zero-order valence-corrected chi connectivity index (χ0v) is 12.5. The van der Waals surface area contributed by atoms with Gasteiger partial charge in [-0.2, -0.15) is 0 Å². The van der Waals surface area contributed by atoms with Gasteiger partial charge in [0.1, 0.15) is 18.5 Å². The zero-order chi connectivity index (χ0) is 15.2. The molecule has 1 rings (SSSR count). The van der Waals surface area contributed by atoms with Gasteiger partial charge in [0.2, 0.25) is 0 Å². The lowest BCUT2D eigenvalue weighted by Crippen LogP contribution is -2.43. The van der Waals surface area contributed by atoms with E-state index in [1.165, 1.54) is 0 Å². The van der Waals surface area contributed by atoms with Crippen LogP contribution >= 0.6 is 0 Å². The smallest absolute Gasteiger partial charge is 0.119 e. The minimum Gasteiger partial charge on any atom is -0.491 e. The van der Waals surface area contributed by atoms with Crippen molar-refractivity contribution < 1.29 is 14.9 Å². The minimum absolute atomic E-state index is 0.215. The Morgan fingerprint density at radius 1 is 1.30 bits per heavy atom. The topological polar surface area (TPSA) is 79.0 Å². The van der Waals surface area contributed by atoms with Gasteiger partial charge in [-0.15, -0.1) is 0 Å². The maximum absolute atomic E-state index is 9.99. The molecule has 0 radical (unpaired) electrons. The molecule has 0 spiro atoms. The van der Waals surface area contributed by atoms with E-state index in [2.05, 4.69) is 0 Å². The lowest BCUT2D eigenvalue weighted by Gasteiger charge is -2.29. The number of benzene rings is 1. The molecule has 1 unspecified atom stereocenters. The fraction of sp³-hybridized carbons (Fsp3) is 0.600. The Morgan fingerprint density at radius 2 is 1.90 bits per heavy atom. The van der Waals surface area contributed by atoms with Gasteiger partial charge in [-0.1, -0.05) is 6.92 Å². The first-order valence-corrected chi connectivity index (χ1v) is 6.91. The molecule has 5 heteroatoms. The number of hydrogen-bond donors (Lipinski definition) is 3. The maximum atomic E-state index is 9.99. The van der Waals surface area contributed by atoms with Gasteiger partial charge in [0.15, 0.2) is 0 Å². The summed E-state index contributed by atoms with van der Waals surface area (Å²) in [7, 11) is 0. The standard InChI is InChI=1S/C15H26N2O3/c1-4-17(11-15(2,3)19)9-13(18)10-20-14-7-5-12(16)6-8-14/h5-8,13,18-19H,4,9-11,16H2,1-3H3. The van der Waals surface area contributed by atoms with E-state index in [4.69, 9.17) is 10.5 Å². The van der Waals surface area contributed by atoms with Crippen LogP contribution in [0.15, 0.2) is 24.3 Å². The number of anilines is 1. The van der Waals surface area contributed by atoms with Crippen LogP contribution in [-0.2, 0) is 0 Å². The second-order valence-electron chi connectivity index (χ2n) is 5.67. The number of ether oxygens (including phenoxy) is 1. The fourth-order valence-corrected chi connectivity index (χ4v) is 1.96. The summed E-state index contributed by atoms with van der Waals surface area (Å²) in [5.41, 5.74) is 5.50. The monoisotopic (exact) mass is 282 g/mol. The summed E-state index contributed by atoms with van der Waals surface area (Å²) in [5, 5.41) is 19.8. The van der Waals surface area contributed by atoms with Crippen molar-refractivity contribution >= 4 is 5.69 Å². The van der Waals surface area contributed by atoms with E-state index in [0.717, 1.165) is 6.54 Å². The van der Waals surface area contributed by atoms with Crippen molar-refractivity contribution in [1.29, 1.82) is 0 Å².